The lowest BCUT2D eigenvalue weighted by molar-refractivity contribution is 0.275. The Morgan fingerprint density at radius 1 is 1.67 bits per heavy atom. The van der Waals surface area contributed by atoms with Gasteiger partial charge in [0.25, 0.3) is 0 Å². The first-order valence-electron chi connectivity index (χ1n) is 3.72. The van der Waals surface area contributed by atoms with Gasteiger partial charge >= 0.3 is 0 Å². The highest BCUT2D eigenvalue weighted by molar-refractivity contribution is 6.31. The van der Waals surface area contributed by atoms with E-state index in [1.165, 1.54) is 0 Å². The molecular formula is C8H11ClN2O. The van der Waals surface area contributed by atoms with E-state index in [4.69, 9.17) is 22.4 Å². The lowest BCUT2D eigenvalue weighted by atomic mass is 10.1. The number of aliphatic hydroxyl groups is 1. The Balaban J connectivity index is 2.79. The number of halogens is 1. The third-order valence-electron chi connectivity index (χ3n) is 1.58. The number of nitrogens with zero attached hydrogens (tertiary/aromatic N) is 1. The normalized spacial score (nSPS) is 12.9. The molecule has 0 aliphatic carbocycles. The Morgan fingerprint density at radius 2 is 2.42 bits per heavy atom. The zero-order valence-electron chi connectivity index (χ0n) is 6.57. The second-order valence-electron chi connectivity index (χ2n) is 2.49. The first-order valence-corrected chi connectivity index (χ1v) is 4.10. The highest BCUT2D eigenvalue weighted by Gasteiger charge is 2.09. The molecule has 0 aliphatic heterocycles. The average Bonchev–Trinajstić information content (AvgIpc) is 2.05. The van der Waals surface area contributed by atoms with Gasteiger partial charge < -0.3 is 10.8 Å². The fourth-order valence-corrected chi connectivity index (χ4v) is 1.21. The summed E-state index contributed by atoms with van der Waals surface area (Å²) in [6, 6.07) is 3.21. The molecule has 1 rings (SSSR count). The van der Waals surface area contributed by atoms with Crippen LogP contribution in [0.1, 0.15) is 18.2 Å². The number of hydrogen-bond acceptors (Lipinski definition) is 3. The van der Waals surface area contributed by atoms with E-state index in [1.807, 2.05) is 0 Å². The third-order valence-corrected chi connectivity index (χ3v) is 1.90. The zero-order valence-corrected chi connectivity index (χ0v) is 7.33. The summed E-state index contributed by atoms with van der Waals surface area (Å²) in [6.45, 7) is 0.0497. The average molecular weight is 187 g/mol. The summed E-state index contributed by atoms with van der Waals surface area (Å²) >= 11 is 5.83. The summed E-state index contributed by atoms with van der Waals surface area (Å²) in [5, 5.41) is 9.19. The topological polar surface area (TPSA) is 59.1 Å². The van der Waals surface area contributed by atoms with E-state index in [0.29, 0.717) is 17.1 Å². The Labute approximate surface area is 76.2 Å². The Morgan fingerprint density at radius 3 is 3.00 bits per heavy atom. The van der Waals surface area contributed by atoms with Crippen molar-refractivity contribution in [2.24, 2.45) is 5.73 Å². The van der Waals surface area contributed by atoms with Crippen LogP contribution in [0.5, 0.6) is 0 Å². The quantitative estimate of drug-likeness (QED) is 0.744. The van der Waals surface area contributed by atoms with Gasteiger partial charge in [0.2, 0.25) is 0 Å². The van der Waals surface area contributed by atoms with Crippen LogP contribution in [-0.4, -0.2) is 16.7 Å². The van der Waals surface area contributed by atoms with Gasteiger partial charge in [-0.2, -0.15) is 0 Å². The molecule has 4 heteroatoms. The monoisotopic (exact) mass is 186 g/mol. The predicted octanol–water partition coefficient (Wildman–Crippen LogP) is 1.12. The van der Waals surface area contributed by atoms with Crippen molar-refractivity contribution in [2.75, 3.05) is 6.61 Å². The van der Waals surface area contributed by atoms with Crippen molar-refractivity contribution >= 4 is 11.6 Å². The van der Waals surface area contributed by atoms with Gasteiger partial charge in [-0.1, -0.05) is 11.6 Å². The molecule has 1 aromatic rings. The third kappa shape index (κ3) is 2.17. The highest BCUT2D eigenvalue weighted by Crippen LogP contribution is 2.19. The number of nitrogens with two attached hydrogens (primary N) is 1. The van der Waals surface area contributed by atoms with Crippen LogP contribution in [-0.2, 0) is 0 Å². The molecule has 0 spiro atoms. The van der Waals surface area contributed by atoms with Gasteiger partial charge in [0.05, 0.1) is 16.8 Å². The molecule has 12 heavy (non-hydrogen) atoms. The van der Waals surface area contributed by atoms with E-state index in [0.717, 1.165) is 0 Å². The SMILES string of the molecule is NC(CCO)c1ncccc1Cl. The maximum atomic E-state index is 8.64. The molecule has 0 fully saturated rings. The largest absolute Gasteiger partial charge is 0.396 e. The van der Waals surface area contributed by atoms with E-state index < -0.39 is 0 Å². The van der Waals surface area contributed by atoms with Gasteiger partial charge in [-0.05, 0) is 18.6 Å². The molecule has 0 saturated carbocycles. The Hall–Kier alpha value is -0.640. The smallest absolute Gasteiger partial charge is 0.0757 e. The Bertz CT molecular complexity index is 255. The minimum Gasteiger partial charge on any atom is -0.396 e. The molecule has 0 saturated heterocycles. The predicted molar refractivity (Wildman–Crippen MR) is 47.9 cm³/mol. The van der Waals surface area contributed by atoms with Gasteiger partial charge in [-0.15, -0.1) is 0 Å². The van der Waals surface area contributed by atoms with Crippen molar-refractivity contribution in [1.29, 1.82) is 0 Å². The van der Waals surface area contributed by atoms with Crippen LogP contribution in [0.15, 0.2) is 18.3 Å². The van der Waals surface area contributed by atoms with Crippen LogP contribution in [0.2, 0.25) is 5.02 Å². The van der Waals surface area contributed by atoms with Gasteiger partial charge in [0.1, 0.15) is 0 Å². The van der Waals surface area contributed by atoms with Crippen molar-refractivity contribution in [3.63, 3.8) is 0 Å². The summed E-state index contributed by atoms with van der Waals surface area (Å²) in [4.78, 5) is 4.03. The number of rotatable bonds is 3. The van der Waals surface area contributed by atoms with E-state index in [1.54, 1.807) is 18.3 Å². The van der Waals surface area contributed by atoms with Gasteiger partial charge in [-0.25, -0.2) is 0 Å². The standard InChI is InChI=1S/C8H11ClN2O/c9-6-2-1-4-11-8(6)7(10)3-5-12/h1-2,4,7,12H,3,5,10H2. The molecule has 1 heterocycles. The van der Waals surface area contributed by atoms with E-state index >= 15 is 0 Å². The van der Waals surface area contributed by atoms with Crippen molar-refractivity contribution in [2.45, 2.75) is 12.5 Å². The maximum absolute atomic E-state index is 8.64. The van der Waals surface area contributed by atoms with E-state index in [9.17, 15) is 0 Å². The molecule has 1 aromatic heterocycles. The molecule has 0 amide bonds. The summed E-state index contributed by atoms with van der Waals surface area (Å²) in [6.07, 6.45) is 2.12. The molecule has 0 aliphatic rings. The van der Waals surface area contributed by atoms with Crippen LogP contribution in [0.25, 0.3) is 0 Å². The number of aromatic nitrogens is 1. The summed E-state index contributed by atoms with van der Waals surface area (Å²) in [5.41, 5.74) is 6.35. The molecule has 0 bridgehead atoms. The number of hydrogen-bond donors (Lipinski definition) is 2. The van der Waals surface area contributed by atoms with Crippen LogP contribution in [0.3, 0.4) is 0 Å². The molecule has 66 valence electrons. The second kappa shape index (κ2) is 4.40. The number of pyridine rings is 1. The molecule has 0 aromatic carbocycles. The van der Waals surface area contributed by atoms with Crippen LogP contribution >= 0.6 is 11.6 Å². The Kier molecular flexibility index (Phi) is 3.47. The van der Waals surface area contributed by atoms with Crippen molar-refractivity contribution in [1.82, 2.24) is 4.98 Å². The van der Waals surface area contributed by atoms with Crippen molar-refractivity contribution in [3.8, 4) is 0 Å². The van der Waals surface area contributed by atoms with Gasteiger partial charge in [0.15, 0.2) is 0 Å². The highest BCUT2D eigenvalue weighted by atomic mass is 35.5. The molecule has 1 unspecified atom stereocenters. The second-order valence-corrected chi connectivity index (χ2v) is 2.90. The fraction of sp³-hybridized carbons (Fsp3) is 0.375. The van der Waals surface area contributed by atoms with Crippen LogP contribution in [0.4, 0.5) is 0 Å². The van der Waals surface area contributed by atoms with Crippen LogP contribution < -0.4 is 5.73 Å². The van der Waals surface area contributed by atoms with Gasteiger partial charge in [0, 0.05) is 12.8 Å². The molecule has 3 N–H and O–H groups in total. The molecule has 3 nitrogen and oxygen atoms in total. The zero-order chi connectivity index (χ0) is 8.97. The van der Waals surface area contributed by atoms with Crippen LogP contribution in [0, 0.1) is 0 Å². The summed E-state index contributed by atoms with van der Waals surface area (Å²) < 4.78 is 0. The van der Waals surface area contributed by atoms with E-state index in [-0.39, 0.29) is 12.6 Å². The molecule has 0 radical (unpaired) electrons. The lowest BCUT2D eigenvalue weighted by Gasteiger charge is -2.09. The van der Waals surface area contributed by atoms with Crippen molar-refractivity contribution in [3.05, 3.63) is 29.0 Å². The molecular weight excluding hydrogens is 176 g/mol. The van der Waals surface area contributed by atoms with E-state index in [2.05, 4.69) is 4.98 Å². The minimum atomic E-state index is -0.274. The van der Waals surface area contributed by atoms with Crippen molar-refractivity contribution < 1.29 is 5.11 Å². The summed E-state index contributed by atoms with van der Waals surface area (Å²) in [5.74, 6) is 0. The molecule has 1 atom stereocenters. The first kappa shape index (κ1) is 9.45. The maximum Gasteiger partial charge on any atom is 0.0757 e. The lowest BCUT2D eigenvalue weighted by Crippen LogP contribution is -2.13. The minimum absolute atomic E-state index is 0.0497. The first-order chi connectivity index (χ1) is 5.75. The summed E-state index contributed by atoms with van der Waals surface area (Å²) in [7, 11) is 0. The number of aliphatic hydroxyl groups excluding tert-OH is 1. The van der Waals surface area contributed by atoms with Gasteiger partial charge in [-0.3, -0.25) is 4.98 Å². The fourth-order valence-electron chi connectivity index (χ4n) is 0.947.